The Morgan fingerprint density at radius 2 is 0.851 bits per heavy atom. The zero-order valence-electron chi connectivity index (χ0n) is 28.6. The van der Waals surface area contributed by atoms with E-state index in [0.717, 1.165) is 38.5 Å². The minimum atomic E-state index is -1.73. The van der Waals surface area contributed by atoms with Crippen LogP contribution >= 0.6 is 0 Å². The second kappa shape index (κ2) is 23.9. The molecule has 2 aliphatic heterocycles. The number of nitrogens with one attached hydrogen (secondary N) is 2. The molecule has 0 aromatic rings. The van der Waals surface area contributed by atoms with Gasteiger partial charge in [0.2, 0.25) is 11.8 Å². The molecule has 10 atom stereocenters. The Morgan fingerprint density at radius 1 is 0.511 bits per heavy atom. The molecule has 2 heterocycles. The lowest BCUT2D eigenvalue weighted by Crippen LogP contribution is -2.63. The van der Waals surface area contributed by atoms with Crippen molar-refractivity contribution in [1.82, 2.24) is 10.6 Å². The summed E-state index contributed by atoms with van der Waals surface area (Å²) >= 11 is 0. The van der Waals surface area contributed by atoms with E-state index in [1.54, 1.807) is 0 Å². The highest BCUT2D eigenvalue weighted by Crippen LogP contribution is 2.30. The largest absolute Gasteiger partial charge is 0.388 e. The van der Waals surface area contributed by atoms with Crippen LogP contribution in [0.15, 0.2) is 0 Å². The van der Waals surface area contributed by atoms with Crippen molar-refractivity contribution >= 4 is 11.8 Å². The predicted octanol–water partition coefficient (Wildman–Crippen LogP) is 1.91. The van der Waals surface area contributed by atoms with Crippen molar-refractivity contribution in [2.24, 2.45) is 0 Å². The smallest absolute Gasteiger partial charge is 0.220 e. The SMILES string of the molecule is CCCCCCCCCNC(=O)CCC1OC(OC2OC(CCC(=O)NCCCCCCCCC)C(O)C(O)C2O)C(O)C(O)C1O. The topological polar surface area (TPSA) is 207 Å². The molecule has 2 fully saturated rings. The van der Waals surface area contributed by atoms with Gasteiger partial charge in [0.25, 0.3) is 0 Å². The number of amides is 2. The lowest BCUT2D eigenvalue weighted by molar-refractivity contribution is -0.374. The lowest BCUT2D eigenvalue weighted by Gasteiger charge is -2.45. The Bertz CT molecular complexity index is 787. The van der Waals surface area contributed by atoms with Crippen molar-refractivity contribution in [1.29, 1.82) is 0 Å². The number of carbonyl (C=O) groups excluding carboxylic acids is 2. The van der Waals surface area contributed by atoms with Crippen LogP contribution in [0.2, 0.25) is 0 Å². The molecule has 2 rings (SSSR count). The summed E-state index contributed by atoms with van der Waals surface area (Å²) in [7, 11) is 0. The molecule has 276 valence electrons. The average molecular weight is 677 g/mol. The van der Waals surface area contributed by atoms with Gasteiger partial charge in [0, 0.05) is 25.9 Å². The van der Waals surface area contributed by atoms with Crippen LogP contribution in [0.5, 0.6) is 0 Å². The summed E-state index contributed by atoms with van der Waals surface area (Å²) in [5.41, 5.74) is 0. The van der Waals surface area contributed by atoms with Gasteiger partial charge in [-0.25, -0.2) is 0 Å². The van der Waals surface area contributed by atoms with Gasteiger partial charge in [-0.2, -0.15) is 0 Å². The number of aliphatic hydroxyl groups excluding tert-OH is 6. The number of rotatable bonds is 24. The second-order valence-corrected chi connectivity index (χ2v) is 13.2. The van der Waals surface area contributed by atoms with E-state index < -0.39 is 61.4 Å². The van der Waals surface area contributed by atoms with Crippen molar-refractivity contribution in [3.05, 3.63) is 0 Å². The van der Waals surface area contributed by atoms with Gasteiger partial charge in [0.1, 0.15) is 36.6 Å². The molecule has 47 heavy (non-hydrogen) atoms. The van der Waals surface area contributed by atoms with Crippen LogP contribution in [-0.4, -0.2) is 117 Å². The van der Waals surface area contributed by atoms with Crippen molar-refractivity contribution < 1.29 is 54.4 Å². The highest BCUT2D eigenvalue weighted by molar-refractivity contribution is 5.76. The van der Waals surface area contributed by atoms with Crippen molar-refractivity contribution in [2.45, 2.75) is 191 Å². The maximum atomic E-state index is 12.4. The number of hydrogen-bond donors (Lipinski definition) is 8. The van der Waals surface area contributed by atoms with Gasteiger partial charge < -0.3 is 55.5 Å². The number of carbonyl (C=O) groups is 2. The molecule has 0 saturated carbocycles. The zero-order valence-corrected chi connectivity index (χ0v) is 28.6. The quantitative estimate of drug-likeness (QED) is 0.0693. The van der Waals surface area contributed by atoms with Crippen LogP contribution in [0.25, 0.3) is 0 Å². The Morgan fingerprint density at radius 3 is 1.21 bits per heavy atom. The van der Waals surface area contributed by atoms with Gasteiger partial charge in [-0.05, 0) is 25.7 Å². The third-order valence-electron chi connectivity index (χ3n) is 9.12. The minimum Gasteiger partial charge on any atom is -0.388 e. The average Bonchev–Trinajstić information content (AvgIpc) is 3.06. The van der Waals surface area contributed by atoms with Crippen molar-refractivity contribution in [2.75, 3.05) is 13.1 Å². The standard InChI is InChI=1S/C34H64N2O11/c1-3-5-7-9-11-13-15-21-35-25(37)19-17-23-27(39)29(41)31(43)33(45-23)47-34-32(44)30(42)28(40)24(46-34)18-20-26(38)36-22-16-14-12-10-8-6-4-2/h23-24,27-34,39-44H,3-22H2,1-2H3,(H,35,37)(H,36,38). The van der Waals surface area contributed by atoms with E-state index in [2.05, 4.69) is 24.5 Å². The van der Waals surface area contributed by atoms with Crippen LogP contribution in [0.3, 0.4) is 0 Å². The summed E-state index contributed by atoms with van der Waals surface area (Å²) < 4.78 is 17.0. The molecule has 2 amide bonds. The molecule has 0 aliphatic carbocycles. The molecule has 0 aromatic carbocycles. The van der Waals surface area contributed by atoms with E-state index in [1.807, 2.05) is 0 Å². The van der Waals surface area contributed by atoms with Gasteiger partial charge in [-0.3, -0.25) is 9.59 Å². The summed E-state index contributed by atoms with van der Waals surface area (Å²) in [5, 5.41) is 68.7. The summed E-state index contributed by atoms with van der Waals surface area (Å²) in [6.45, 7) is 5.44. The Balaban J connectivity index is 1.79. The fourth-order valence-corrected chi connectivity index (χ4v) is 6.01. The first-order valence-electron chi connectivity index (χ1n) is 18.2. The third-order valence-corrected chi connectivity index (χ3v) is 9.12. The fraction of sp³-hybridized carbons (Fsp3) is 0.941. The molecule has 10 unspecified atom stereocenters. The van der Waals surface area contributed by atoms with E-state index in [0.29, 0.717) is 13.1 Å². The molecule has 0 bridgehead atoms. The molecule has 0 radical (unpaired) electrons. The van der Waals surface area contributed by atoms with E-state index in [1.165, 1.54) is 51.4 Å². The van der Waals surface area contributed by atoms with Gasteiger partial charge in [-0.15, -0.1) is 0 Å². The third kappa shape index (κ3) is 15.3. The molecule has 2 saturated heterocycles. The first-order chi connectivity index (χ1) is 22.6. The summed E-state index contributed by atoms with van der Waals surface area (Å²) in [5.74, 6) is -0.468. The molecule has 0 spiro atoms. The fourth-order valence-electron chi connectivity index (χ4n) is 6.01. The Labute approximate surface area is 280 Å². The highest BCUT2D eigenvalue weighted by atomic mass is 16.8. The first kappa shape index (κ1) is 41.7. The monoisotopic (exact) mass is 676 g/mol. The lowest BCUT2D eigenvalue weighted by atomic mass is 9.94. The second-order valence-electron chi connectivity index (χ2n) is 13.2. The van der Waals surface area contributed by atoms with E-state index in [4.69, 9.17) is 14.2 Å². The molecule has 8 N–H and O–H groups in total. The minimum absolute atomic E-state index is 0.00428. The normalized spacial score (nSPS) is 31.1. The van der Waals surface area contributed by atoms with Gasteiger partial charge in [0.05, 0.1) is 12.2 Å². The molecule has 2 aliphatic rings. The van der Waals surface area contributed by atoms with Crippen LogP contribution in [-0.2, 0) is 23.8 Å². The molecule has 0 aromatic heterocycles. The first-order valence-corrected chi connectivity index (χ1v) is 18.2. The van der Waals surface area contributed by atoms with E-state index in [9.17, 15) is 40.2 Å². The number of aliphatic hydroxyl groups is 6. The van der Waals surface area contributed by atoms with Crippen LogP contribution in [0.4, 0.5) is 0 Å². The predicted molar refractivity (Wildman–Crippen MR) is 175 cm³/mol. The van der Waals surface area contributed by atoms with E-state index >= 15 is 0 Å². The number of ether oxygens (including phenoxy) is 3. The summed E-state index contributed by atoms with van der Waals surface area (Å²) in [6, 6.07) is 0. The number of hydrogen-bond acceptors (Lipinski definition) is 11. The van der Waals surface area contributed by atoms with Crippen molar-refractivity contribution in [3.8, 4) is 0 Å². The van der Waals surface area contributed by atoms with Crippen molar-refractivity contribution in [3.63, 3.8) is 0 Å². The van der Waals surface area contributed by atoms with Gasteiger partial charge >= 0.3 is 0 Å². The summed E-state index contributed by atoms with van der Waals surface area (Å²) in [6.07, 6.45) is 0.700. The van der Waals surface area contributed by atoms with Gasteiger partial charge in [-0.1, -0.05) is 90.9 Å². The van der Waals surface area contributed by atoms with Crippen LogP contribution in [0, 0.1) is 0 Å². The molecule has 13 heteroatoms. The van der Waals surface area contributed by atoms with Crippen LogP contribution in [0.1, 0.15) is 129 Å². The molecular weight excluding hydrogens is 612 g/mol. The molecular formula is C34H64N2O11. The van der Waals surface area contributed by atoms with E-state index in [-0.39, 0.29) is 37.5 Å². The summed E-state index contributed by atoms with van der Waals surface area (Å²) in [4.78, 5) is 24.7. The van der Waals surface area contributed by atoms with Gasteiger partial charge in [0.15, 0.2) is 12.6 Å². The molecule has 13 nitrogen and oxygen atoms in total. The number of unbranched alkanes of at least 4 members (excludes halogenated alkanes) is 12. The maximum absolute atomic E-state index is 12.4. The Kier molecular flexibility index (Phi) is 21.2. The van der Waals surface area contributed by atoms with Crippen LogP contribution < -0.4 is 10.6 Å². The maximum Gasteiger partial charge on any atom is 0.220 e. The Hall–Kier alpha value is -1.42. The highest BCUT2D eigenvalue weighted by Gasteiger charge is 2.49. The zero-order chi connectivity index (χ0) is 34.6.